The molecule has 2 atom stereocenters. The number of hydrogen-bond acceptors (Lipinski definition) is 3. The van der Waals surface area contributed by atoms with Crippen molar-refractivity contribution < 1.29 is 14.6 Å². The molecule has 2 N–H and O–H groups in total. The standard InChI is InChI=1S/C14H17Cl2NO3/c1-13(8-14(13,15)16)12(19)17-7-11(18)9-4-3-5-10(6-9)20-2/h3-6,11,18H,7-8H2,1-2H3,(H,17,19). The molecule has 0 radical (unpaired) electrons. The first-order chi connectivity index (χ1) is 9.30. The molecule has 1 aromatic carbocycles. The van der Waals surface area contributed by atoms with E-state index >= 15 is 0 Å². The Balaban J connectivity index is 1.92. The lowest BCUT2D eigenvalue weighted by molar-refractivity contribution is -0.126. The van der Waals surface area contributed by atoms with E-state index in [9.17, 15) is 9.90 Å². The second kappa shape index (κ2) is 5.43. The van der Waals surface area contributed by atoms with E-state index in [4.69, 9.17) is 27.9 Å². The Morgan fingerprint density at radius 3 is 2.75 bits per heavy atom. The molecule has 6 heteroatoms. The number of carbonyl (C=O) groups is 1. The molecule has 2 unspecified atom stereocenters. The van der Waals surface area contributed by atoms with Crippen molar-refractivity contribution in [3.8, 4) is 5.75 Å². The number of rotatable bonds is 5. The number of aliphatic hydroxyl groups is 1. The average Bonchev–Trinajstić information content (AvgIpc) is 2.96. The van der Waals surface area contributed by atoms with Crippen molar-refractivity contribution in [1.29, 1.82) is 0 Å². The SMILES string of the molecule is COc1cccc(C(O)CNC(=O)C2(C)CC2(Cl)Cl)c1. The normalized spacial score (nSPS) is 24.9. The monoisotopic (exact) mass is 317 g/mol. The van der Waals surface area contributed by atoms with Gasteiger partial charge in [0.15, 0.2) is 0 Å². The van der Waals surface area contributed by atoms with Crippen molar-refractivity contribution in [2.24, 2.45) is 5.41 Å². The van der Waals surface area contributed by atoms with Crippen molar-refractivity contribution in [3.63, 3.8) is 0 Å². The van der Waals surface area contributed by atoms with E-state index in [0.29, 0.717) is 17.7 Å². The van der Waals surface area contributed by atoms with Crippen molar-refractivity contribution in [2.45, 2.75) is 23.8 Å². The van der Waals surface area contributed by atoms with E-state index in [1.807, 2.05) is 0 Å². The highest BCUT2D eigenvalue weighted by atomic mass is 35.5. The van der Waals surface area contributed by atoms with Crippen LogP contribution in [0, 0.1) is 5.41 Å². The van der Waals surface area contributed by atoms with Crippen molar-refractivity contribution in [2.75, 3.05) is 13.7 Å². The maximum atomic E-state index is 12.0. The molecule has 0 aromatic heterocycles. The molecular formula is C14H17Cl2NO3. The van der Waals surface area contributed by atoms with Crippen LogP contribution in [-0.4, -0.2) is 29.0 Å². The number of amides is 1. The van der Waals surface area contributed by atoms with Crippen molar-refractivity contribution >= 4 is 29.1 Å². The molecule has 0 saturated heterocycles. The van der Waals surface area contributed by atoms with Crippen LogP contribution in [0.15, 0.2) is 24.3 Å². The first-order valence-electron chi connectivity index (χ1n) is 6.28. The molecule has 1 aromatic rings. The Morgan fingerprint density at radius 2 is 2.20 bits per heavy atom. The minimum atomic E-state index is -1.00. The fraction of sp³-hybridized carbons (Fsp3) is 0.500. The molecule has 1 fully saturated rings. The minimum Gasteiger partial charge on any atom is -0.497 e. The summed E-state index contributed by atoms with van der Waals surface area (Å²) in [5, 5.41) is 12.7. The summed E-state index contributed by atoms with van der Waals surface area (Å²) in [4.78, 5) is 12.0. The predicted molar refractivity (Wildman–Crippen MR) is 78.1 cm³/mol. The number of aliphatic hydroxyl groups excluding tert-OH is 1. The number of halogens is 2. The molecule has 4 nitrogen and oxygen atoms in total. The van der Waals surface area contributed by atoms with E-state index in [-0.39, 0.29) is 12.5 Å². The van der Waals surface area contributed by atoms with Gasteiger partial charge >= 0.3 is 0 Å². The van der Waals surface area contributed by atoms with Crippen LogP contribution in [0.5, 0.6) is 5.75 Å². The summed E-state index contributed by atoms with van der Waals surface area (Å²) >= 11 is 11.9. The summed E-state index contributed by atoms with van der Waals surface area (Å²) in [6.07, 6.45) is -0.388. The number of hydrogen-bond donors (Lipinski definition) is 2. The van der Waals surface area contributed by atoms with Crippen LogP contribution in [0.2, 0.25) is 0 Å². The zero-order valence-electron chi connectivity index (χ0n) is 11.3. The van der Waals surface area contributed by atoms with E-state index in [0.717, 1.165) is 0 Å². The lowest BCUT2D eigenvalue weighted by Gasteiger charge is -2.16. The summed E-state index contributed by atoms with van der Waals surface area (Å²) in [7, 11) is 1.56. The van der Waals surface area contributed by atoms with Gasteiger partial charge in [-0.05, 0) is 31.0 Å². The summed E-state index contributed by atoms with van der Waals surface area (Å²) in [6, 6.07) is 7.06. The van der Waals surface area contributed by atoms with Gasteiger partial charge in [-0.3, -0.25) is 4.79 Å². The second-order valence-corrected chi connectivity index (χ2v) is 6.70. The second-order valence-electron chi connectivity index (χ2n) is 5.22. The van der Waals surface area contributed by atoms with Gasteiger partial charge in [0.25, 0.3) is 0 Å². The van der Waals surface area contributed by atoms with Crippen LogP contribution in [-0.2, 0) is 4.79 Å². The fourth-order valence-electron chi connectivity index (χ4n) is 2.00. The Labute approximate surface area is 128 Å². The zero-order valence-corrected chi connectivity index (χ0v) is 12.8. The smallest absolute Gasteiger partial charge is 0.229 e. The highest BCUT2D eigenvalue weighted by molar-refractivity contribution is 6.53. The van der Waals surface area contributed by atoms with Gasteiger partial charge in [-0.1, -0.05) is 12.1 Å². The average molecular weight is 318 g/mol. The van der Waals surface area contributed by atoms with E-state index in [2.05, 4.69) is 5.32 Å². The van der Waals surface area contributed by atoms with Gasteiger partial charge in [0.05, 0.1) is 18.6 Å². The number of benzene rings is 1. The van der Waals surface area contributed by atoms with E-state index < -0.39 is 15.9 Å². The molecule has 110 valence electrons. The van der Waals surface area contributed by atoms with Crippen molar-refractivity contribution in [3.05, 3.63) is 29.8 Å². The van der Waals surface area contributed by atoms with Crippen LogP contribution in [0.3, 0.4) is 0 Å². The van der Waals surface area contributed by atoms with E-state index in [1.165, 1.54) is 0 Å². The largest absolute Gasteiger partial charge is 0.497 e. The van der Waals surface area contributed by atoms with Crippen LogP contribution in [0.1, 0.15) is 25.0 Å². The van der Waals surface area contributed by atoms with Crippen molar-refractivity contribution in [1.82, 2.24) is 5.32 Å². The lowest BCUT2D eigenvalue weighted by atomic mass is 10.1. The summed E-state index contributed by atoms with van der Waals surface area (Å²) in [5.41, 5.74) is -0.0990. The van der Waals surface area contributed by atoms with Crippen LogP contribution in [0.25, 0.3) is 0 Å². The number of carbonyl (C=O) groups excluding carboxylic acids is 1. The van der Waals surface area contributed by atoms with Gasteiger partial charge in [0.2, 0.25) is 5.91 Å². The first-order valence-corrected chi connectivity index (χ1v) is 7.04. The van der Waals surface area contributed by atoms with Crippen LogP contribution in [0.4, 0.5) is 0 Å². The highest BCUT2D eigenvalue weighted by Crippen LogP contribution is 2.63. The molecule has 20 heavy (non-hydrogen) atoms. The molecule has 0 aliphatic heterocycles. The van der Waals surface area contributed by atoms with Crippen LogP contribution >= 0.6 is 23.2 Å². The molecule has 1 saturated carbocycles. The Hall–Kier alpha value is -0.970. The molecule has 0 bridgehead atoms. The van der Waals surface area contributed by atoms with Gasteiger partial charge in [-0.2, -0.15) is 0 Å². The summed E-state index contributed by atoms with van der Waals surface area (Å²) < 4.78 is 4.09. The zero-order chi connectivity index (χ0) is 15.0. The Kier molecular flexibility index (Phi) is 4.19. The third-order valence-corrected chi connectivity index (χ3v) is 4.79. The third kappa shape index (κ3) is 2.87. The van der Waals surface area contributed by atoms with E-state index in [1.54, 1.807) is 38.3 Å². The third-order valence-electron chi connectivity index (χ3n) is 3.69. The molecule has 1 amide bonds. The Bertz CT molecular complexity index is 521. The van der Waals surface area contributed by atoms with Gasteiger partial charge < -0.3 is 15.2 Å². The minimum absolute atomic E-state index is 0.103. The quantitative estimate of drug-likeness (QED) is 0.820. The van der Waals surface area contributed by atoms with Crippen LogP contribution < -0.4 is 10.1 Å². The molecule has 0 heterocycles. The molecule has 1 aliphatic carbocycles. The number of methoxy groups -OCH3 is 1. The number of ether oxygens (including phenoxy) is 1. The molecule has 1 aliphatic rings. The molecule has 2 rings (SSSR count). The first kappa shape index (κ1) is 15.4. The lowest BCUT2D eigenvalue weighted by Crippen LogP contribution is -2.36. The fourth-order valence-corrected chi connectivity index (χ4v) is 2.70. The number of nitrogens with one attached hydrogen (secondary N) is 1. The van der Waals surface area contributed by atoms with Gasteiger partial charge in [0, 0.05) is 6.54 Å². The van der Waals surface area contributed by atoms with Gasteiger partial charge in [-0.25, -0.2) is 0 Å². The highest BCUT2D eigenvalue weighted by Gasteiger charge is 2.67. The summed E-state index contributed by atoms with van der Waals surface area (Å²) in [6.45, 7) is 1.81. The number of alkyl halides is 2. The summed E-state index contributed by atoms with van der Waals surface area (Å²) in [5.74, 6) is 0.409. The van der Waals surface area contributed by atoms with Gasteiger partial charge in [0.1, 0.15) is 10.1 Å². The topological polar surface area (TPSA) is 58.6 Å². The molecular weight excluding hydrogens is 301 g/mol. The predicted octanol–water partition coefficient (Wildman–Crippen LogP) is 2.43. The maximum Gasteiger partial charge on any atom is 0.229 e. The Morgan fingerprint density at radius 1 is 1.55 bits per heavy atom. The molecule has 0 spiro atoms. The van der Waals surface area contributed by atoms with Gasteiger partial charge in [-0.15, -0.1) is 23.2 Å². The maximum absolute atomic E-state index is 12.0.